The van der Waals surface area contributed by atoms with Crippen molar-refractivity contribution in [2.45, 2.75) is 17.7 Å². The molecule has 3 aromatic rings. The molecule has 1 aliphatic heterocycles. The molecule has 0 radical (unpaired) electrons. The number of hydrogen-bond acceptors (Lipinski definition) is 5. The van der Waals surface area contributed by atoms with Gasteiger partial charge in [0.25, 0.3) is 0 Å². The summed E-state index contributed by atoms with van der Waals surface area (Å²) < 4.78 is 27.1. The number of aromatic amines is 1. The van der Waals surface area contributed by atoms with Gasteiger partial charge in [-0.05, 0) is 55.3 Å². The molecule has 1 amide bonds. The third kappa shape index (κ3) is 4.50. The fourth-order valence-electron chi connectivity index (χ4n) is 3.63. The molecule has 158 valence electrons. The lowest BCUT2D eigenvalue weighted by Crippen LogP contribution is -2.41. The predicted octanol–water partition coefficient (Wildman–Crippen LogP) is 2.99. The zero-order valence-electron chi connectivity index (χ0n) is 16.7. The minimum atomic E-state index is -3.64. The molecular weight excluding hydrogens is 414 g/mol. The second-order valence-electron chi connectivity index (χ2n) is 7.35. The second-order valence-corrected chi connectivity index (χ2v) is 9.29. The van der Waals surface area contributed by atoms with Crippen molar-refractivity contribution in [3.8, 4) is 17.3 Å². The first-order valence-corrected chi connectivity index (χ1v) is 11.3. The topological polar surface area (TPSA) is 119 Å². The molecular formula is C22H21N5O3S. The van der Waals surface area contributed by atoms with Gasteiger partial charge >= 0.3 is 0 Å². The highest BCUT2D eigenvalue weighted by molar-refractivity contribution is 7.89. The summed E-state index contributed by atoms with van der Waals surface area (Å²) in [7, 11) is -3.64. The maximum Gasteiger partial charge on any atom is 0.243 e. The first-order chi connectivity index (χ1) is 15.0. The molecule has 9 heteroatoms. The molecule has 2 heterocycles. The minimum Gasteiger partial charge on any atom is -0.326 e. The number of aromatic nitrogens is 2. The second kappa shape index (κ2) is 8.71. The van der Waals surface area contributed by atoms with Gasteiger partial charge in [0.05, 0.1) is 22.2 Å². The van der Waals surface area contributed by atoms with Crippen LogP contribution in [0.5, 0.6) is 0 Å². The Balaban J connectivity index is 1.38. The van der Waals surface area contributed by atoms with E-state index in [1.54, 1.807) is 6.20 Å². The lowest BCUT2D eigenvalue weighted by molar-refractivity contribution is -0.120. The van der Waals surface area contributed by atoms with Crippen LogP contribution in [0.2, 0.25) is 0 Å². The van der Waals surface area contributed by atoms with Crippen LogP contribution in [-0.2, 0) is 14.8 Å². The van der Waals surface area contributed by atoms with Gasteiger partial charge in [-0.2, -0.15) is 14.7 Å². The van der Waals surface area contributed by atoms with Crippen LogP contribution in [0.15, 0.2) is 65.7 Å². The fraction of sp³-hybridized carbons (Fsp3) is 0.227. The number of benzene rings is 2. The van der Waals surface area contributed by atoms with Crippen molar-refractivity contribution in [3.05, 3.63) is 66.4 Å². The molecule has 8 nitrogen and oxygen atoms in total. The Morgan fingerprint density at radius 3 is 2.52 bits per heavy atom. The van der Waals surface area contributed by atoms with E-state index in [-0.39, 0.29) is 29.8 Å². The van der Waals surface area contributed by atoms with E-state index in [1.165, 1.54) is 28.6 Å². The monoisotopic (exact) mass is 435 g/mol. The van der Waals surface area contributed by atoms with E-state index in [4.69, 9.17) is 5.26 Å². The summed E-state index contributed by atoms with van der Waals surface area (Å²) in [6.45, 7) is 0.545. The largest absolute Gasteiger partial charge is 0.326 e. The average Bonchev–Trinajstić information content (AvgIpc) is 3.34. The highest BCUT2D eigenvalue weighted by Crippen LogP contribution is 2.26. The number of piperidine rings is 1. The number of H-pyrrole nitrogens is 1. The molecule has 0 saturated carbocycles. The molecule has 0 aliphatic carbocycles. The van der Waals surface area contributed by atoms with Crippen molar-refractivity contribution in [1.29, 1.82) is 5.26 Å². The maximum absolute atomic E-state index is 12.8. The highest BCUT2D eigenvalue weighted by Gasteiger charge is 2.32. The van der Waals surface area contributed by atoms with Crippen LogP contribution in [0.4, 0.5) is 5.69 Å². The van der Waals surface area contributed by atoms with Crippen LogP contribution in [0.1, 0.15) is 18.4 Å². The Morgan fingerprint density at radius 1 is 1.13 bits per heavy atom. The molecule has 2 aromatic carbocycles. The summed E-state index contributed by atoms with van der Waals surface area (Å²) in [5.74, 6) is -0.375. The molecule has 0 spiro atoms. The van der Waals surface area contributed by atoms with Gasteiger partial charge in [0.2, 0.25) is 15.9 Å². The molecule has 1 saturated heterocycles. The van der Waals surface area contributed by atoms with E-state index in [2.05, 4.69) is 15.5 Å². The van der Waals surface area contributed by atoms with E-state index in [1.807, 2.05) is 36.4 Å². The fourth-order valence-corrected chi connectivity index (χ4v) is 5.10. The summed E-state index contributed by atoms with van der Waals surface area (Å²) in [6.07, 6.45) is 2.56. The van der Waals surface area contributed by atoms with Gasteiger partial charge in [-0.15, -0.1) is 0 Å². The standard InChI is InChI=1S/C22H21N5O3S/c23-15-16-4-6-20(7-5-16)31(29,30)27-12-9-17(10-13-27)22(28)25-19-3-1-2-18(14-19)21-8-11-24-26-21/h1-8,11,14,17H,9-10,12-13H2,(H,24,26)(H,25,28). The average molecular weight is 436 g/mol. The van der Waals surface area contributed by atoms with Gasteiger partial charge in [0.15, 0.2) is 0 Å². The SMILES string of the molecule is N#Cc1ccc(S(=O)(=O)N2CCC(C(=O)Nc3cccc(-c4ccn[nH]4)c3)CC2)cc1. The number of nitrogens with zero attached hydrogens (tertiary/aromatic N) is 3. The zero-order valence-corrected chi connectivity index (χ0v) is 17.5. The van der Waals surface area contributed by atoms with Crippen molar-refractivity contribution in [2.24, 2.45) is 5.92 Å². The quantitative estimate of drug-likeness (QED) is 0.639. The van der Waals surface area contributed by atoms with E-state index in [0.717, 1.165) is 11.3 Å². The molecule has 2 N–H and O–H groups in total. The van der Waals surface area contributed by atoms with Crippen LogP contribution in [0.25, 0.3) is 11.3 Å². The normalized spacial score (nSPS) is 15.3. The van der Waals surface area contributed by atoms with Crippen LogP contribution in [-0.4, -0.2) is 41.9 Å². The van der Waals surface area contributed by atoms with E-state index >= 15 is 0 Å². The molecule has 0 unspecified atom stereocenters. The van der Waals surface area contributed by atoms with Crippen molar-refractivity contribution in [3.63, 3.8) is 0 Å². The molecule has 4 rings (SSSR count). The van der Waals surface area contributed by atoms with Gasteiger partial charge in [-0.1, -0.05) is 12.1 Å². The number of hydrogen-bond donors (Lipinski definition) is 2. The Hall–Kier alpha value is -3.48. The van der Waals surface area contributed by atoms with Crippen molar-refractivity contribution < 1.29 is 13.2 Å². The predicted molar refractivity (Wildman–Crippen MR) is 115 cm³/mol. The summed E-state index contributed by atoms with van der Waals surface area (Å²) in [6, 6.07) is 17.2. The molecule has 31 heavy (non-hydrogen) atoms. The lowest BCUT2D eigenvalue weighted by atomic mass is 9.97. The number of amides is 1. The number of carbonyl (C=O) groups is 1. The number of anilines is 1. The third-order valence-electron chi connectivity index (χ3n) is 5.39. The van der Waals surface area contributed by atoms with E-state index < -0.39 is 10.0 Å². The van der Waals surface area contributed by atoms with Crippen LogP contribution in [0, 0.1) is 17.2 Å². The number of nitrogens with one attached hydrogen (secondary N) is 2. The van der Waals surface area contributed by atoms with E-state index in [0.29, 0.717) is 24.1 Å². The minimum absolute atomic E-state index is 0.114. The number of sulfonamides is 1. The molecule has 1 aliphatic rings. The van der Waals surface area contributed by atoms with Crippen molar-refractivity contribution in [2.75, 3.05) is 18.4 Å². The summed E-state index contributed by atoms with van der Waals surface area (Å²) in [5, 5.41) is 18.7. The lowest BCUT2D eigenvalue weighted by Gasteiger charge is -2.30. The maximum atomic E-state index is 12.8. The number of nitriles is 1. The number of rotatable bonds is 5. The summed E-state index contributed by atoms with van der Waals surface area (Å²) in [4.78, 5) is 12.9. The van der Waals surface area contributed by atoms with E-state index in [9.17, 15) is 13.2 Å². The summed E-state index contributed by atoms with van der Waals surface area (Å²) in [5.41, 5.74) is 2.87. The highest BCUT2D eigenvalue weighted by atomic mass is 32.2. The van der Waals surface area contributed by atoms with Crippen LogP contribution < -0.4 is 5.32 Å². The van der Waals surface area contributed by atoms with Gasteiger partial charge in [-0.25, -0.2) is 8.42 Å². The summed E-state index contributed by atoms with van der Waals surface area (Å²) >= 11 is 0. The number of carbonyl (C=O) groups excluding carboxylic acids is 1. The first kappa shape index (κ1) is 20.8. The van der Waals surface area contributed by atoms with Gasteiger partial charge < -0.3 is 5.32 Å². The molecule has 1 aromatic heterocycles. The third-order valence-corrected chi connectivity index (χ3v) is 7.30. The smallest absolute Gasteiger partial charge is 0.243 e. The Kier molecular flexibility index (Phi) is 5.84. The van der Waals surface area contributed by atoms with Crippen LogP contribution >= 0.6 is 0 Å². The van der Waals surface area contributed by atoms with Gasteiger partial charge in [0, 0.05) is 36.5 Å². The van der Waals surface area contributed by atoms with Crippen LogP contribution in [0.3, 0.4) is 0 Å². The molecule has 0 bridgehead atoms. The van der Waals surface area contributed by atoms with Crippen molar-refractivity contribution >= 4 is 21.6 Å². The first-order valence-electron chi connectivity index (χ1n) is 9.88. The zero-order chi connectivity index (χ0) is 21.8. The van der Waals surface area contributed by atoms with Gasteiger partial charge in [0.1, 0.15) is 0 Å². The Labute approximate surface area is 180 Å². The Morgan fingerprint density at radius 2 is 1.87 bits per heavy atom. The molecule has 1 fully saturated rings. The Bertz CT molecular complexity index is 1210. The van der Waals surface area contributed by atoms with Gasteiger partial charge in [-0.3, -0.25) is 9.89 Å². The molecule has 0 atom stereocenters. The van der Waals surface area contributed by atoms with Crippen molar-refractivity contribution in [1.82, 2.24) is 14.5 Å².